The van der Waals surface area contributed by atoms with E-state index in [2.05, 4.69) is 37.8 Å². The summed E-state index contributed by atoms with van der Waals surface area (Å²) in [5.41, 5.74) is 2.91. The number of fused-ring (bicyclic) bond motifs is 1. The quantitative estimate of drug-likeness (QED) is 0.517. The van der Waals surface area contributed by atoms with Gasteiger partial charge in [0.2, 0.25) is 0 Å². The number of methoxy groups -OCH3 is 1. The van der Waals surface area contributed by atoms with Crippen LogP contribution in [-0.4, -0.2) is 54.3 Å². The van der Waals surface area contributed by atoms with E-state index in [1.807, 2.05) is 29.2 Å². The molecule has 0 bridgehead atoms. The Labute approximate surface area is 186 Å². The van der Waals surface area contributed by atoms with Crippen LogP contribution in [0.15, 0.2) is 41.3 Å². The summed E-state index contributed by atoms with van der Waals surface area (Å²) in [6.07, 6.45) is 0. The molecular weight excluding hydrogens is 414 g/mol. The Balaban J connectivity index is 1.46. The van der Waals surface area contributed by atoms with Gasteiger partial charge in [0.05, 0.1) is 11.8 Å². The molecule has 0 spiro atoms. The fraction of sp³-hybridized carbons (Fsp3) is 0.391. The Hall–Kier alpha value is -2.25. The van der Waals surface area contributed by atoms with E-state index in [4.69, 9.17) is 9.72 Å². The van der Waals surface area contributed by atoms with Gasteiger partial charge >= 0.3 is 0 Å². The van der Waals surface area contributed by atoms with Crippen LogP contribution >= 0.6 is 23.1 Å². The number of carbonyl (C=O) groups is 1. The number of hydrogen-bond donors (Lipinski definition) is 0. The number of carbonyl (C=O) groups excluding carboxylic acids is 1. The Morgan fingerprint density at radius 3 is 2.63 bits per heavy atom. The maximum atomic E-state index is 13.0. The van der Waals surface area contributed by atoms with Gasteiger partial charge < -0.3 is 14.5 Å². The lowest BCUT2D eigenvalue weighted by atomic mass is 10.2. The predicted molar refractivity (Wildman–Crippen MR) is 126 cm³/mol. The second kappa shape index (κ2) is 8.86. The maximum absolute atomic E-state index is 13.0. The fourth-order valence-corrected chi connectivity index (χ4v) is 5.66. The zero-order chi connectivity index (χ0) is 21.3. The second-order valence-corrected chi connectivity index (χ2v) is 10.4. The molecule has 0 aliphatic carbocycles. The lowest BCUT2D eigenvalue weighted by molar-refractivity contribution is 0.0746. The molecule has 158 valence electrons. The molecule has 5 nitrogen and oxygen atoms in total. The van der Waals surface area contributed by atoms with Gasteiger partial charge in [-0.1, -0.05) is 37.3 Å². The molecule has 1 saturated heterocycles. The Bertz CT molecular complexity index is 1060. The minimum absolute atomic E-state index is 0.114. The maximum Gasteiger partial charge on any atom is 0.254 e. The normalized spacial score (nSPS) is 14.6. The molecule has 0 atom stereocenters. The fourth-order valence-electron chi connectivity index (χ4n) is 3.66. The molecule has 1 fully saturated rings. The summed E-state index contributed by atoms with van der Waals surface area (Å²) in [6, 6.07) is 12.0. The molecule has 3 aromatic rings. The van der Waals surface area contributed by atoms with Crippen LogP contribution in [0.4, 0.5) is 5.13 Å². The third-order valence-corrected chi connectivity index (χ3v) is 7.45. The number of piperazine rings is 1. The van der Waals surface area contributed by atoms with Crippen molar-refractivity contribution in [3.05, 3.63) is 47.5 Å². The van der Waals surface area contributed by atoms with Crippen LogP contribution in [-0.2, 0) is 0 Å². The molecule has 30 heavy (non-hydrogen) atoms. The highest BCUT2D eigenvalue weighted by atomic mass is 32.2. The van der Waals surface area contributed by atoms with E-state index in [1.54, 1.807) is 30.2 Å². The van der Waals surface area contributed by atoms with E-state index >= 15 is 0 Å². The second-order valence-electron chi connectivity index (χ2n) is 7.73. The zero-order valence-corrected chi connectivity index (χ0v) is 19.5. The Kier molecular flexibility index (Phi) is 6.20. The molecule has 2 aromatic carbocycles. The van der Waals surface area contributed by atoms with Gasteiger partial charge in [0.1, 0.15) is 11.3 Å². The largest absolute Gasteiger partial charge is 0.494 e. The van der Waals surface area contributed by atoms with E-state index in [1.165, 1.54) is 10.3 Å². The summed E-state index contributed by atoms with van der Waals surface area (Å²) in [4.78, 5) is 23.2. The van der Waals surface area contributed by atoms with E-state index in [0.717, 1.165) is 39.9 Å². The van der Waals surface area contributed by atoms with Crippen molar-refractivity contribution in [3.63, 3.8) is 0 Å². The van der Waals surface area contributed by atoms with Gasteiger partial charge in [-0.05, 0) is 36.8 Å². The summed E-state index contributed by atoms with van der Waals surface area (Å²) in [6.45, 7) is 9.40. The number of thiazole rings is 1. The predicted octanol–water partition coefficient (Wildman–Crippen LogP) is 5.08. The number of rotatable bonds is 5. The van der Waals surface area contributed by atoms with Crippen LogP contribution in [0.5, 0.6) is 5.75 Å². The van der Waals surface area contributed by atoms with Gasteiger partial charge in [0.15, 0.2) is 5.13 Å². The molecular formula is C23H27N3O2S2. The number of benzene rings is 2. The first-order valence-electron chi connectivity index (χ1n) is 10.2. The van der Waals surface area contributed by atoms with Gasteiger partial charge in [0, 0.05) is 41.9 Å². The van der Waals surface area contributed by atoms with Crippen molar-refractivity contribution < 1.29 is 9.53 Å². The minimum Gasteiger partial charge on any atom is -0.494 e. The number of hydrogen-bond acceptors (Lipinski definition) is 6. The van der Waals surface area contributed by atoms with Crippen LogP contribution in [0, 0.1) is 6.92 Å². The van der Waals surface area contributed by atoms with Crippen molar-refractivity contribution in [2.24, 2.45) is 0 Å². The summed E-state index contributed by atoms with van der Waals surface area (Å²) in [7, 11) is 1.68. The number of amides is 1. The molecule has 1 aliphatic rings. The van der Waals surface area contributed by atoms with Gasteiger partial charge in [-0.15, -0.1) is 11.8 Å². The number of ether oxygens (including phenoxy) is 1. The van der Waals surface area contributed by atoms with Crippen LogP contribution < -0.4 is 9.64 Å². The van der Waals surface area contributed by atoms with E-state index in [0.29, 0.717) is 18.3 Å². The molecule has 2 heterocycles. The summed E-state index contributed by atoms with van der Waals surface area (Å²) in [5.74, 6) is 0.925. The first kappa shape index (κ1) is 21.0. The third-order valence-electron chi connectivity index (χ3n) is 5.20. The van der Waals surface area contributed by atoms with Crippen molar-refractivity contribution in [3.8, 4) is 5.75 Å². The molecule has 4 rings (SSSR count). The highest BCUT2D eigenvalue weighted by Crippen LogP contribution is 2.36. The first-order chi connectivity index (χ1) is 14.5. The van der Waals surface area contributed by atoms with E-state index < -0.39 is 0 Å². The number of thioether (sulfide) groups is 1. The van der Waals surface area contributed by atoms with Crippen LogP contribution in [0.2, 0.25) is 0 Å². The summed E-state index contributed by atoms with van der Waals surface area (Å²) < 4.78 is 6.65. The number of nitrogens with zero attached hydrogens (tertiary/aromatic N) is 3. The lowest BCUT2D eigenvalue weighted by Crippen LogP contribution is -2.48. The lowest BCUT2D eigenvalue weighted by Gasteiger charge is -2.34. The highest BCUT2D eigenvalue weighted by molar-refractivity contribution is 7.99. The molecule has 0 radical (unpaired) electrons. The van der Waals surface area contributed by atoms with Crippen LogP contribution in [0.1, 0.15) is 29.8 Å². The van der Waals surface area contributed by atoms with Crippen molar-refractivity contribution in [1.29, 1.82) is 0 Å². The van der Waals surface area contributed by atoms with Gasteiger partial charge in [-0.3, -0.25) is 4.79 Å². The monoisotopic (exact) mass is 441 g/mol. The number of anilines is 1. The molecule has 1 amide bonds. The van der Waals surface area contributed by atoms with Gasteiger partial charge in [-0.2, -0.15) is 0 Å². The first-order valence-corrected chi connectivity index (χ1v) is 11.9. The Morgan fingerprint density at radius 1 is 1.17 bits per heavy atom. The molecule has 0 N–H and O–H groups in total. The van der Waals surface area contributed by atoms with Gasteiger partial charge in [-0.25, -0.2) is 4.98 Å². The summed E-state index contributed by atoms with van der Waals surface area (Å²) in [5, 5.41) is 1.50. The zero-order valence-electron chi connectivity index (χ0n) is 17.8. The van der Waals surface area contributed by atoms with Crippen LogP contribution in [0.3, 0.4) is 0 Å². The van der Waals surface area contributed by atoms with Crippen molar-refractivity contribution in [2.75, 3.05) is 38.2 Å². The Morgan fingerprint density at radius 2 is 1.93 bits per heavy atom. The standard InChI is InChI=1S/C23H27N3O2S2/c1-15(2)29-18-7-5-6-17(14-18)22(27)25-10-12-26(13-11-25)23-24-20-19(28-4)9-8-16(3)21(20)30-23/h5-9,14-15H,10-13H2,1-4H3. The average Bonchev–Trinajstić information content (AvgIpc) is 3.20. The third kappa shape index (κ3) is 4.27. The molecule has 1 aromatic heterocycles. The van der Waals surface area contributed by atoms with Crippen molar-refractivity contribution in [1.82, 2.24) is 9.88 Å². The van der Waals surface area contributed by atoms with Crippen LogP contribution in [0.25, 0.3) is 10.2 Å². The minimum atomic E-state index is 0.114. The summed E-state index contributed by atoms with van der Waals surface area (Å²) >= 11 is 3.49. The number of aryl methyl sites for hydroxylation is 1. The SMILES string of the molecule is COc1ccc(C)c2sc(N3CCN(C(=O)c4cccc(SC(C)C)c4)CC3)nc12. The topological polar surface area (TPSA) is 45.7 Å². The molecule has 7 heteroatoms. The number of aromatic nitrogens is 1. The van der Waals surface area contributed by atoms with Crippen molar-refractivity contribution >= 4 is 44.4 Å². The molecule has 0 saturated carbocycles. The molecule has 0 unspecified atom stereocenters. The van der Waals surface area contributed by atoms with E-state index in [-0.39, 0.29) is 5.91 Å². The van der Waals surface area contributed by atoms with Gasteiger partial charge in [0.25, 0.3) is 5.91 Å². The molecule has 1 aliphatic heterocycles. The van der Waals surface area contributed by atoms with E-state index in [9.17, 15) is 4.79 Å². The highest BCUT2D eigenvalue weighted by Gasteiger charge is 2.25. The average molecular weight is 442 g/mol. The van der Waals surface area contributed by atoms with Crippen molar-refractivity contribution in [2.45, 2.75) is 30.9 Å². The smallest absolute Gasteiger partial charge is 0.254 e.